The highest BCUT2D eigenvalue weighted by atomic mass is 19.4. The fraction of sp³-hybridized carbons (Fsp3) is 0.300. The third-order valence-electron chi connectivity index (χ3n) is 1.90. The molecule has 0 aliphatic rings. The lowest BCUT2D eigenvalue weighted by Gasteiger charge is -2.08. The molecule has 3 N–H and O–H groups in total. The van der Waals surface area contributed by atoms with Crippen molar-refractivity contribution in [1.29, 1.82) is 0 Å². The fourth-order valence-corrected chi connectivity index (χ4v) is 1.07. The van der Waals surface area contributed by atoms with E-state index in [1.54, 1.807) is 17.4 Å². The van der Waals surface area contributed by atoms with E-state index in [-0.39, 0.29) is 5.56 Å². The molecule has 3 nitrogen and oxygen atoms in total. The van der Waals surface area contributed by atoms with Crippen molar-refractivity contribution in [3.63, 3.8) is 0 Å². The molecule has 0 fully saturated rings. The summed E-state index contributed by atoms with van der Waals surface area (Å²) >= 11 is 0. The number of amides is 1. The van der Waals surface area contributed by atoms with Gasteiger partial charge < -0.3 is 11.1 Å². The Bertz CT molecular complexity index is 359. The molecule has 16 heavy (non-hydrogen) atoms. The smallest absolute Gasteiger partial charge is 0.343 e. The second-order valence-electron chi connectivity index (χ2n) is 3.20. The van der Waals surface area contributed by atoms with Crippen molar-refractivity contribution in [2.24, 2.45) is 5.73 Å². The monoisotopic (exact) mass is 232 g/mol. The fourth-order valence-electron chi connectivity index (χ4n) is 1.07. The van der Waals surface area contributed by atoms with Gasteiger partial charge >= 0.3 is 6.18 Å². The maximum Gasteiger partial charge on any atom is 0.405 e. The van der Waals surface area contributed by atoms with Gasteiger partial charge in [-0.15, -0.1) is 0 Å². The minimum absolute atomic E-state index is 0.182. The van der Waals surface area contributed by atoms with Crippen molar-refractivity contribution in [2.45, 2.75) is 12.7 Å². The lowest BCUT2D eigenvalue weighted by molar-refractivity contribution is -0.123. The molecule has 0 unspecified atom stereocenters. The lowest BCUT2D eigenvalue weighted by atomic mass is 10.1. The molecule has 1 aromatic rings. The second kappa shape index (κ2) is 4.98. The standard InChI is InChI=1S/C10H11F3N2O/c11-10(12,13)6-15-9(16)8-3-1-7(5-14)2-4-8/h1-4H,5-6,14H2,(H,15,16). The van der Waals surface area contributed by atoms with E-state index in [0.717, 1.165) is 5.56 Å². The quantitative estimate of drug-likeness (QED) is 0.828. The summed E-state index contributed by atoms with van der Waals surface area (Å²) in [6.45, 7) is -1.01. The second-order valence-corrected chi connectivity index (χ2v) is 3.20. The summed E-state index contributed by atoms with van der Waals surface area (Å²) in [5, 5.41) is 1.78. The molecule has 0 atom stereocenters. The molecular formula is C10H11F3N2O. The summed E-state index contributed by atoms with van der Waals surface area (Å²) in [5.74, 6) is -0.749. The Hall–Kier alpha value is -1.56. The zero-order valence-electron chi connectivity index (χ0n) is 8.34. The Morgan fingerprint density at radius 3 is 2.25 bits per heavy atom. The molecule has 0 aromatic heterocycles. The minimum atomic E-state index is -4.40. The first-order chi connectivity index (χ1) is 7.42. The first kappa shape index (κ1) is 12.5. The summed E-state index contributed by atoms with van der Waals surface area (Å²) in [6.07, 6.45) is -4.40. The predicted octanol–water partition coefficient (Wildman–Crippen LogP) is 1.44. The maximum absolute atomic E-state index is 11.8. The number of nitrogens with two attached hydrogens (primary N) is 1. The van der Waals surface area contributed by atoms with Crippen molar-refractivity contribution in [1.82, 2.24) is 5.32 Å². The van der Waals surface area contributed by atoms with Crippen LogP contribution in [0.5, 0.6) is 0 Å². The van der Waals surface area contributed by atoms with Crippen LogP contribution in [0.2, 0.25) is 0 Å². The Labute approximate surface area is 90.4 Å². The van der Waals surface area contributed by atoms with Crippen molar-refractivity contribution >= 4 is 5.91 Å². The first-order valence-electron chi connectivity index (χ1n) is 4.56. The average Bonchev–Trinajstić information content (AvgIpc) is 2.25. The van der Waals surface area contributed by atoms with Gasteiger partial charge in [-0.1, -0.05) is 12.1 Å². The summed E-state index contributed by atoms with van der Waals surface area (Å²) in [4.78, 5) is 11.2. The van der Waals surface area contributed by atoms with Crippen LogP contribution in [0.25, 0.3) is 0 Å². The molecule has 0 saturated heterocycles. The van der Waals surface area contributed by atoms with Crippen LogP contribution in [0.3, 0.4) is 0 Å². The third-order valence-corrected chi connectivity index (χ3v) is 1.90. The number of alkyl halides is 3. The molecule has 1 aromatic carbocycles. The van der Waals surface area contributed by atoms with Crippen molar-refractivity contribution in [3.8, 4) is 0 Å². The van der Waals surface area contributed by atoms with E-state index in [1.165, 1.54) is 12.1 Å². The Morgan fingerprint density at radius 2 is 1.81 bits per heavy atom. The van der Waals surface area contributed by atoms with Crippen molar-refractivity contribution < 1.29 is 18.0 Å². The highest BCUT2D eigenvalue weighted by Gasteiger charge is 2.27. The van der Waals surface area contributed by atoms with E-state index >= 15 is 0 Å². The van der Waals surface area contributed by atoms with Crippen LogP contribution < -0.4 is 11.1 Å². The third kappa shape index (κ3) is 3.90. The van der Waals surface area contributed by atoms with E-state index in [9.17, 15) is 18.0 Å². The molecule has 0 saturated carbocycles. The van der Waals surface area contributed by atoms with Gasteiger partial charge in [-0.05, 0) is 17.7 Å². The average molecular weight is 232 g/mol. The van der Waals surface area contributed by atoms with Crippen LogP contribution in [-0.2, 0) is 6.54 Å². The molecule has 0 heterocycles. The summed E-state index contributed by atoms with van der Waals surface area (Å²) < 4.78 is 35.5. The Kier molecular flexibility index (Phi) is 3.89. The van der Waals surface area contributed by atoms with E-state index in [1.807, 2.05) is 0 Å². The molecule has 0 aliphatic heterocycles. The van der Waals surface area contributed by atoms with Gasteiger partial charge in [0.25, 0.3) is 5.91 Å². The summed E-state index contributed by atoms with van der Waals surface area (Å²) in [6, 6.07) is 6.08. The molecule has 0 bridgehead atoms. The van der Waals surface area contributed by atoms with Crippen molar-refractivity contribution in [2.75, 3.05) is 6.54 Å². The normalized spacial score (nSPS) is 11.2. The topological polar surface area (TPSA) is 55.1 Å². The number of nitrogens with one attached hydrogen (secondary N) is 1. The van der Waals surface area contributed by atoms with E-state index < -0.39 is 18.6 Å². The molecule has 1 amide bonds. The molecule has 0 radical (unpaired) electrons. The lowest BCUT2D eigenvalue weighted by Crippen LogP contribution is -2.33. The molecule has 1 rings (SSSR count). The molecule has 6 heteroatoms. The van der Waals surface area contributed by atoms with Crippen LogP contribution in [0, 0.1) is 0 Å². The zero-order valence-corrected chi connectivity index (χ0v) is 8.34. The number of carbonyl (C=O) groups is 1. The predicted molar refractivity (Wildman–Crippen MR) is 52.7 cm³/mol. The molecular weight excluding hydrogens is 221 g/mol. The van der Waals surface area contributed by atoms with Gasteiger partial charge in [-0.25, -0.2) is 0 Å². The van der Waals surface area contributed by atoms with E-state index in [4.69, 9.17) is 5.73 Å². The van der Waals surface area contributed by atoms with Crippen LogP contribution in [0.15, 0.2) is 24.3 Å². The molecule has 88 valence electrons. The van der Waals surface area contributed by atoms with Crippen molar-refractivity contribution in [3.05, 3.63) is 35.4 Å². The van der Waals surface area contributed by atoms with Gasteiger partial charge in [0.1, 0.15) is 6.54 Å². The van der Waals surface area contributed by atoms with Crippen LogP contribution in [0.4, 0.5) is 13.2 Å². The Morgan fingerprint density at radius 1 is 1.25 bits per heavy atom. The van der Waals surface area contributed by atoms with Gasteiger partial charge in [0.05, 0.1) is 0 Å². The number of hydrogen-bond donors (Lipinski definition) is 2. The van der Waals surface area contributed by atoms with Gasteiger partial charge in [0.15, 0.2) is 0 Å². The van der Waals surface area contributed by atoms with E-state index in [2.05, 4.69) is 0 Å². The first-order valence-corrected chi connectivity index (χ1v) is 4.56. The Balaban J connectivity index is 2.59. The molecule has 0 spiro atoms. The van der Waals surface area contributed by atoms with Gasteiger partial charge in [-0.2, -0.15) is 13.2 Å². The maximum atomic E-state index is 11.8. The summed E-state index contributed by atoms with van der Waals surface area (Å²) in [5.41, 5.74) is 6.34. The van der Waals surface area contributed by atoms with Crippen LogP contribution in [0.1, 0.15) is 15.9 Å². The minimum Gasteiger partial charge on any atom is -0.343 e. The SMILES string of the molecule is NCc1ccc(C(=O)NCC(F)(F)F)cc1. The number of benzene rings is 1. The van der Waals surface area contributed by atoms with Crippen LogP contribution >= 0.6 is 0 Å². The molecule has 0 aliphatic carbocycles. The number of rotatable bonds is 3. The summed E-state index contributed by atoms with van der Waals surface area (Å²) in [7, 11) is 0. The number of halogens is 3. The zero-order chi connectivity index (χ0) is 12.2. The van der Waals surface area contributed by atoms with Gasteiger partial charge in [0, 0.05) is 12.1 Å². The van der Waals surface area contributed by atoms with Crippen LogP contribution in [-0.4, -0.2) is 18.6 Å². The van der Waals surface area contributed by atoms with Gasteiger partial charge in [0.2, 0.25) is 0 Å². The highest BCUT2D eigenvalue weighted by Crippen LogP contribution is 2.12. The number of carbonyl (C=O) groups excluding carboxylic acids is 1. The van der Waals surface area contributed by atoms with E-state index in [0.29, 0.717) is 6.54 Å². The number of hydrogen-bond acceptors (Lipinski definition) is 2. The highest BCUT2D eigenvalue weighted by molar-refractivity contribution is 5.94. The largest absolute Gasteiger partial charge is 0.405 e. The van der Waals surface area contributed by atoms with Gasteiger partial charge in [-0.3, -0.25) is 4.79 Å².